The standard InChI is InChI=1S/C13H30N2O2S/c1-11(2)14-8-7-9-18(16,17)15-10-12(3)13(4,5)6/h11-12,14-15H,7-10H2,1-6H3. The first-order valence-corrected chi connectivity index (χ1v) is 8.40. The van der Waals surface area contributed by atoms with Crippen LogP contribution in [0, 0.1) is 11.3 Å². The van der Waals surface area contributed by atoms with E-state index in [9.17, 15) is 8.42 Å². The molecular weight excluding hydrogens is 248 g/mol. The first-order chi connectivity index (χ1) is 8.04. The molecule has 0 saturated carbocycles. The molecule has 0 rings (SSSR count). The van der Waals surface area contributed by atoms with Gasteiger partial charge in [0.2, 0.25) is 10.0 Å². The van der Waals surface area contributed by atoms with Crippen LogP contribution in [0.3, 0.4) is 0 Å². The Morgan fingerprint density at radius 2 is 1.67 bits per heavy atom. The molecule has 0 aliphatic heterocycles. The smallest absolute Gasteiger partial charge is 0.211 e. The highest BCUT2D eigenvalue weighted by molar-refractivity contribution is 7.89. The van der Waals surface area contributed by atoms with Crippen LogP contribution in [-0.4, -0.2) is 33.3 Å². The molecular formula is C13H30N2O2S. The summed E-state index contributed by atoms with van der Waals surface area (Å²) in [6, 6.07) is 0.404. The van der Waals surface area contributed by atoms with Gasteiger partial charge in [-0.15, -0.1) is 0 Å². The summed E-state index contributed by atoms with van der Waals surface area (Å²) in [7, 11) is -3.12. The van der Waals surface area contributed by atoms with Gasteiger partial charge in [0, 0.05) is 12.6 Å². The summed E-state index contributed by atoms with van der Waals surface area (Å²) in [5, 5.41) is 3.21. The van der Waals surface area contributed by atoms with Crippen LogP contribution in [-0.2, 0) is 10.0 Å². The second-order valence-corrected chi connectivity index (χ2v) is 8.32. The van der Waals surface area contributed by atoms with Crippen molar-refractivity contribution in [3.8, 4) is 0 Å². The minimum absolute atomic E-state index is 0.127. The SMILES string of the molecule is CC(C)NCCCS(=O)(=O)NCC(C)C(C)(C)C. The molecule has 0 spiro atoms. The second kappa shape index (κ2) is 7.46. The van der Waals surface area contributed by atoms with Crippen LogP contribution in [0.2, 0.25) is 0 Å². The van der Waals surface area contributed by atoms with Crippen molar-refractivity contribution < 1.29 is 8.42 Å². The fraction of sp³-hybridized carbons (Fsp3) is 1.00. The Morgan fingerprint density at radius 3 is 2.11 bits per heavy atom. The Kier molecular flexibility index (Phi) is 7.40. The van der Waals surface area contributed by atoms with Gasteiger partial charge in [-0.05, 0) is 24.3 Å². The molecule has 0 amide bonds. The van der Waals surface area contributed by atoms with E-state index in [2.05, 4.69) is 51.6 Å². The third-order valence-corrected chi connectivity index (χ3v) is 4.66. The van der Waals surface area contributed by atoms with Gasteiger partial charge >= 0.3 is 0 Å². The summed E-state index contributed by atoms with van der Waals surface area (Å²) in [5.41, 5.74) is 0.127. The highest BCUT2D eigenvalue weighted by Gasteiger charge is 2.21. The molecule has 0 aliphatic carbocycles. The average molecular weight is 278 g/mol. The molecule has 2 N–H and O–H groups in total. The van der Waals surface area contributed by atoms with Crippen LogP contribution in [0.4, 0.5) is 0 Å². The van der Waals surface area contributed by atoms with Crippen molar-refractivity contribution in [2.75, 3.05) is 18.8 Å². The van der Waals surface area contributed by atoms with Gasteiger partial charge in [-0.1, -0.05) is 41.5 Å². The normalized spacial score (nSPS) is 15.1. The first kappa shape index (κ1) is 17.9. The third-order valence-electron chi connectivity index (χ3n) is 3.23. The molecule has 5 heteroatoms. The first-order valence-electron chi connectivity index (χ1n) is 6.75. The largest absolute Gasteiger partial charge is 0.314 e. The van der Waals surface area contributed by atoms with Crippen molar-refractivity contribution in [2.45, 2.75) is 54.0 Å². The predicted molar refractivity (Wildman–Crippen MR) is 78.2 cm³/mol. The summed E-state index contributed by atoms with van der Waals surface area (Å²) in [5.74, 6) is 0.518. The van der Waals surface area contributed by atoms with Gasteiger partial charge in [0.15, 0.2) is 0 Å². The maximum Gasteiger partial charge on any atom is 0.211 e. The molecule has 4 nitrogen and oxygen atoms in total. The number of rotatable bonds is 8. The fourth-order valence-electron chi connectivity index (χ4n) is 1.28. The van der Waals surface area contributed by atoms with Crippen molar-refractivity contribution >= 4 is 10.0 Å². The van der Waals surface area contributed by atoms with Crippen LogP contribution < -0.4 is 10.0 Å². The number of hydrogen-bond acceptors (Lipinski definition) is 3. The van der Waals surface area contributed by atoms with Crippen molar-refractivity contribution in [3.05, 3.63) is 0 Å². The molecule has 0 fully saturated rings. The van der Waals surface area contributed by atoms with Crippen LogP contribution >= 0.6 is 0 Å². The lowest BCUT2D eigenvalue weighted by atomic mass is 9.82. The molecule has 1 unspecified atom stereocenters. The highest BCUT2D eigenvalue weighted by Crippen LogP contribution is 2.24. The minimum Gasteiger partial charge on any atom is -0.314 e. The van der Waals surface area contributed by atoms with Gasteiger partial charge in [-0.2, -0.15) is 0 Å². The Hall–Kier alpha value is -0.130. The zero-order chi connectivity index (χ0) is 14.4. The topological polar surface area (TPSA) is 58.2 Å². The highest BCUT2D eigenvalue weighted by atomic mass is 32.2. The van der Waals surface area contributed by atoms with Gasteiger partial charge in [0.05, 0.1) is 5.75 Å². The number of sulfonamides is 1. The van der Waals surface area contributed by atoms with E-state index in [1.165, 1.54) is 0 Å². The van der Waals surface area contributed by atoms with Crippen molar-refractivity contribution in [3.63, 3.8) is 0 Å². The van der Waals surface area contributed by atoms with Gasteiger partial charge in [0.1, 0.15) is 0 Å². The van der Waals surface area contributed by atoms with Crippen LogP contribution in [0.15, 0.2) is 0 Å². The van der Waals surface area contributed by atoms with Gasteiger partial charge in [0.25, 0.3) is 0 Å². The summed E-state index contributed by atoms with van der Waals surface area (Å²) < 4.78 is 26.2. The molecule has 0 aromatic carbocycles. The molecule has 0 radical (unpaired) electrons. The Labute approximate surface area is 113 Å². The maximum absolute atomic E-state index is 11.8. The Bertz CT molecular complexity index is 318. The predicted octanol–water partition coefficient (Wildman–Crippen LogP) is 1.98. The van der Waals surface area contributed by atoms with E-state index < -0.39 is 10.0 Å². The summed E-state index contributed by atoms with van der Waals surface area (Å²) >= 11 is 0. The monoisotopic (exact) mass is 278 g/mol. The summed E-state index contributed by atoms with van der Waals surface area (Å²) in [6.45, 7) is 13.8. The van der Waals surface area contributed by atoms with E-state index >= 15 is 0 Å². The third kappa shape index (κ3) is 8.89. The van der Waals surface area contributed by atoms with E-state index in [1.807, 2.05) is 0 Å². The lowest BCUT2D eigenvalue weighted by Crippen LogP contribution is -2.35. The maximum atomic E-state index is 11.8. The van der Waals surface area contributed by atoms with Crippen LogP contribution in [0.5, 0.6) is 0 Å². The molecule has 0 aliphatic rings. The lowest BCUT2D eigenvalue weighted by molar-refractivity contribution is 0.263. The second-order valence-electron chi connectivity index (χ2n) is 6.40. The molecule has 110 valence electrons. The minimum atomic E-state index is -3.12. The molecule has 1 atom stereocenters. The average Bonchev–Trinajstić information content (AvgIpc) is 2.19. The van der Waals surface area contributed by atoms with E-state index in [1.54, 1.807) is 0 Å². The Morgan fingerprint density at radius 1 is 1.11 bits per heavy atom. The van der Waals surface area contributed by atoms with Crippen molar-refractivity contribution in [1.82, 2.24) is 10.0 Å². The van der Waals surface area contributed by atoms with E-state index in [0.29, 0.717) is 24.9 Å². The van der Waals surface area contributed by atoms with E-state index in [-0.39, 0.29) is 11.2 Å². The molecule has 0 heterocycles. The quantitative estimate of drug-likeness (QED) is 0.668. The van der Waals surface area contributed by atoms with Crippen LogP contribution in [0.25, 0.3) is 0 Å². The summed E-state index contributed by atoms with van der Waals surface area (Å²) in [6.07, 6.45) is 0.650. The fourth-order valence-corrected chi connectivity index (χ4v) is 2.46. The zero-order valence-corrected chi connectivity index (χ0v) is 13.5. The van der Waals surface area contributed by atoms with Gasteiger partial charge in [-0.25, -0.2) is 13.1 Å². The van der Waals surface area contributed by atoms with Crippen LogP contribution in [0.1, 0.15) is 48.0 Å². The zero-order valence-electron chi connectivity index (χ0n) is 12.7. The molecule has 0 saturated heterocycles. The molecule has 0 aromatic heterocycles. The van der Waals surface area contributed by atoms with Gasteiger partial charge in [-0.3, -0.25) is 0 Å². The van der Waals surface area contributed by atoms with E-state index in [0.717, 1.165) is 6.54 Å². The molecule has 0 bridgehead atoms. The molecule has 0 aromatic rings. The van der Waals surface area contributed by atoms with E-state index in [4.69, 9.17) is 0 Å². The van der Waals surface area contributed by atoms with Gasteiger partial charge < -0.3 is 5.32 Å². The van der Waals surface area contributed by atoms with Crippen molar-refractivity contribution in [1.29, 1.82) is 0 Å². The number of nitrogens with one attached hydrogen (secondary N) is 2. The lowest BCUT2D eigenvalue weighted by Gasteiger charge is -2.27. The van der Waals surface area contributed by atoms with Crippen molar-refractivity contribution in [2.24, 2.45) is 11.3 Å². The Balaban J connectivity index is 3.95. The molecule has 18 heavy (non-hydrogen) atoms. The number of hydrogen-bond donors (Lipinski definition) is 2. The summed E-state index contributed by atoms with van der Waals surface area (Å²) in [4.78, 5) is 0.